The molecule has 7 heterocycles. The average molecular weight is 765 g/mol. The number of rotatable bonds is 4. The number of nitrogens with zero attached hydrogens (tertiary/aromatic N) is 7. The van der Waals surface area contributed by atoms with Crippen molar-refractivity contribution < 1.29 is 0 Å². The highest BCUT2D eigenvalue weighted by Gasteiger charge is 2.48. The van der Waals surface area contributed by atoms with E-state index in [1.165, 1.54) is 21.9 Å². The lowest BCUT2D eigenvalue weighted by Gasteiger charge is -2.46. The van der Waals surface area contributed by atoms with Gasteiger partial charge in [0.25, 0.3) is 13.4 Å². The highest BCUT2D eigenvalue weighted by molar-refractivity contribution is 7.03. The third kappa shape index (κ3) is 4.60. The van der Waals surface area contributed by atoms with Gasteiger partial charge in [0.1, 0.15) is 11.6 Å². The van der Waals surface area contributed by atoms with Gasteiger partial charge in [0.05, 0.1) is 0 Å². The van der Waals surface area contributed by atoms with E-state index in [1.807, 2.05) is 18.6 Å². The van der Waals surface area contributed by atoms with Crippen LogP contribution in [0.4, 0.5) is 68.5 Å². The van der Waals surface area contributed by atoms with Crippen molar-refractivity contribution in [2.75, 3.05) is 19.6 Å². The second-order valence-corrected chi connectivity index (χ2v) is 15.6. The first-order valence-corrected chi connectivity index (χ1v) is 20.4. The second-order valence-electron chi connectivity index (χ2n) is 15.6. The molecule has 0 bridgehead atoms. The molecule has 60 heavy (non-hydrogen) atoms. The molecule has 0 radical (unpaired) electrons. The van der Waals surface area contributed by atoms with E-state index in [0.717, 1.165) is 79.4 Å². The predicted octanol–water partition coefficient (Wildman–Crippen LogP) is 8.04. The van der Waals surface area contributed by atoms with Crippen LogP contribution in [0.15, 0.2) is 201 Å². The minimum Gasteiger partial charge on any atom is -0.311 e. The maximum absolute atomic E-state index is 5.21. The maximum Gasteiger partial charge on any atom is 0.256 e. The first kappa shape index (κ1) is 33.1. The highest BCUT2D eigenvalue weighted by Crippen LogP contribution is 2.47. The monoisotopic (exact) mass is 765 g/mol. The zero-order valence-corrected chi connectivity index (χ0v) is 32.3. The van der Waals surface area contributed by atoms with Crippen molar-refractivity contribution in [2.24, 2.45) is 0 Å². The Kier molecular flexibility index (Phi) is 7.06. The summed E-state index contributed by atoms with van der Waals surface area (Å²) in [5.41, 5.74) is 18.3. The van der Waals surface area contributed by atoms with Gasteiger partial charge in [-0.1, -0.05) is 91.0 Å². The molecule has 4 aliphatic rings. The molecule has 3 aromatic heterocycles. The SMILES string of the molecule is c1ccc(N2c3cc4c(cc3B3c5cccnc5N(c5ccccc5)c5cccc2c53)B2c3cnccc3N(c3ccccc3)c3nccc(c32)N4c2ccccc2)cc1. The number of hydrogen-bond donors (Lipinski definition) is 0. The lowest BCUT2D eigenvalue weighted by Crippen LogP contribution is -2.65. The summed E-state index contributed by atoms with van der Waals surface area (Å²) >= 11 is 0. The smallest absolute Gasteiger partial charge is 0.256 e. The van der Waals surface area contributed by atoms with Crippen LogP contribution in [0, 0.1) is 0 Å². The molecule has 278 valence electrons. The lowest BCUT2D eigenvalue weighted by molar-refractivity contribution is 1.16. The molecule has 13 rings (SSSR count). The molecule has 0 aliphatic carbocycles. The van der Waals surface area contributed by atoms with Gasteiger partial charge >= 0.3 is 0 Å². The number of anilines is 12. The quantitative estimate of drug-likeness (QED) is 0.168. The molecular formula is C51H33B2N7. The highest BCUT2D eigenvalue weighted by atomic mass is 15.2. The van der Waals surface area contributed by atoms with Crippen molar-refractivity contribution in [1.29, 1.82) is 0 Å². The van der Waals surface area contributed by atoms with E-state index in [-0.39, 0.29) is 13.4 Å². The topological polar surface area (TPSA) is 51.6 Å². The van der Waals surface area contributed by atoms with Crippen molar-refractivity contribution in [3.05, 3.63) is 201 Å². The van der Waals surface area contributed by atoms with Gasteiger partial charge in [-0.05, 0) is 118 Å². The number of aromatic nitrogens is 3. The van der Waals surface area contributed by atoms with Gasteiger partial charge in [-0.15, -0.1) is 0 Å². The number of pyridine rings is 3. The van der Waals surface area contributed by atoms with E-state index in [9.17, 15) is 0 Å². The maximum atomic E-state index is 5.21. The molecule has 9 aromatic rings. The predicted molar refractivity (Wildman–Crippen MR) is 248 cm³/mol. The zero-order chi connectivity index (χ0) is 39.3. The zero-order valence-electron chi connectivity index (χ0n) is 32.3. The van der Waals surface area contributed by atoms with E-state index >= 15 is 0 Å². The van der Waals surface area contributed by atoms with Crippen molar-refractivity contribution in [1.82, 2.24) is 15.0 Å². The largest absolute Gasteiger partial charge is 0.311 e. The minimum atomic E-state index is -0.132. The average Bonchev–Trinajstić information content (AvgIpc) is 3.32. The Labute approximate surface area is 348 Å². The molecule has 0 amide bonds. The van der Waals surface area contributed by atoms with E-state index in [2.05, 4.69) is 202 Å². The molecule has 0 atom stereocenters. The summed E-state index contributed by atoms with van der Waals surface area (Å²) in [6.45, 7) is -0.218. The summed E-state index contributed by atoms with van der Waals surface area (Å²) in [4.78, 5) is 24.7. The fourth-order valence-corrected chi connectivity index (χ4v) is 10.3. The Bertz CT molecular complexity index is 2940. The van der Waals surface area contributed by atoms with Crippen LogP contribution in [-0.4, -0.2) is 28.4 Å². The molecular weight excluding hydrogens is 732 g/mol. The summed E-state index contributed by atoms with van der Waals surface area (Å²) in [5, 5.41) is 0. The van der Waals surface area contributed by atoms with Crippen molar-refractivity contribution in [2.45, 2.75) is 0 Å². The van der Waals surface area contributed by atoms with E-state index in [1.54, 1.807) is 0 Å². The first-order chi connectivity index (χ1) is 29.8. The van der Waals surface area contributed by atoms with Crippen LogP contribution < -0.4 is 52.4 Å². The Balaban J connectivity index is 1.14. The third-order valence-electron chi connectivity index (χ3n) is 12.6. The van der Waals surface area contributed by atoms with Crippen molar-refractivity contribution in [3.8, 4) is 0 Å². The van der Waals surface area contributed by atoms with Crippen molar-refractivity contribution >= 4 is 115 Å². The Morgan fingerprint density at radius 1 is 0.317 bits per heavy atom. The fourth-order valence-electron chi connectivity index (χ4n) is 10.3. The van der Waals surface area contributed by atoms with Gasteiger partial charge in [0.15, 0.2) is 0 Å². The molecule has 7 nitrogen and oxygen atoms in total. The van der Waals surface area contributed by atoms with E-state index in [0.29, 0.717) is 0 Å². The third-order valence-corrected chi connectivity index (χ3v) is 12.6. The molecule has 0 N–H and O–H groups in total. The number of fused-ring (bicyclic) bond motifs is 8. The minimum absolute atomic E-state index is 0.0853. The van der Waals surface area contributed by atoms with Crippen molar-refractivity contribution in [3.63, 3.8) is 0 Å². The standard InChI is InChI=1S/C51H33B2N7/c1-5-15-34(16-6-1)57-43-24-13-25-44-48(43)52(38-23-14-28-55-50(38)60(44)37-21-11-4-12-22-37)39-31-40-47(32-46(39)57)58(35-17-7-2-8-18-35)45-27-30-56-51-49(45)53(40)41-33-54-29-26-42(41)59(51)36-19-9-3-10-20-36/h1-33H. The van der Waals surface area contributed by atoms with Crippen LogP contribution in [0.25, 0.3) is 0 Å². The summed E-state index contributed by atoms with van der Waals surface area (Å²) < 4.78 is 0. The van der Waals surface area contributed by atoms with Crippen LogP contribution in [-0.2, 0) is 0 Å². The lowest BCUT2D eigenvalue weighted by atomic mass is 9.30. The summed E-state index contributed by atoms with van der Waals surface area (Å²) in [5.74, 6) is 1.87. The Morgan fingerprint density at radius 3 is 1.43 bits per heavy atom. The van der Waals surface area contributed by atoms with Crippen LogP contribution in [0.3, 0.4) is 0 Å². The second kappa shape index (κ2) is 12.8. The fraction of sp³-hybridized carbons (Fsp3) is 0. The Hall–Kier alpha value is -7.90. The molecule has 0 fully saturated rings. The van der Waals surface area contributed by atoms with Gasteiger partial charge in [-0.3, -0.25) is 14.8 Å². The van der Waals surface area contributed by atoms with Crippen LogP contribution in [0.5, 0.6) is 0 Å². The van der Waals surface area contributed by atoms with Gasteiger partial charge in [0, 0.05) is 81.7 Å². The van der Waals surface area contributed by atoms with Gasteiger partial charge < -0.3 is 9.80 Å². The van der Waals surface area contributed by atoms with E-state index in [4.69, 9.17) is 15.0 Å². The van der Waals surface area contributed by atoms with Crippen LogP contribution >= 0.6 is 0 Å². The molecule has 4 aliphatic heterocycles. The normalized spacial score (nSPS) is 13.8. The molecule has 6 aromatic carbocycles. The molecule has 0 spiro atoms. The Morgan fingerprint density at radius 2 is 0.817 bits per heavy atom. The molecule has 0 saturated heterocycles. The molecule has 9 heteroatoms. The van der Waals surface area contributed by atoms with E-state index < -0.39 is 0 Å². The molecule has 0 saturated carbocycles. The summed E-state index contributed by atoms with van der Waals surface area (Å²) in [6.07, 6.45) is 7.85. The number of hydrogen-bond acceptors (Lipinski definition) is 7. The van der Waals surface area contributed by atoms with Crippen LogP contribution in [0.2, 0.25) is 0 Å². The summed E-state index contributed by atoms with van der Waals surface area (Å²) in [7, 11) is 0. The summed E-state index contributed by atoms with van der Waals surface area (Å²) in [6, 6.07) is 63.2. The first-order valence-electron chi connectivity index (χ1n) is 20.4. The van der Waals surface area contributed by atoms with Gasteiger partial charge in [-0.2, -0.15) is 0 Å². The van der Waals surface area contributed by atoms with Gasteiger partial charge in [-0.25, -0.2) is 9.97 Å². The number of benzene rings is 6. The molecule has 0 unspecified atom stereocenters. The number of para-hydroxylation sites is 4. The van der Waals surface area contributed by atoms with Gasteiger partial charge in [0.2, 0.25) is 0 Å². The van der Waals surface area contributed by atoms with Crippen LogP contribution in [0.1, 0.15) is 0 Å².